The number of aliphatic hydroxyl groups is 1. The number of nitrogens with zero attached hydrogens (tertiary/aromatic N) is 6. The number of hydrogen-bond acceptors (Lipinski definition) is 11. The molecule has 0 aliphatic heterocycles. The van der Waals surface area contributed by atoms with Gasteiger partial charge in [0, 0.05) is 18.2 Å². The second kappa shape index (κ2) is 12.7. The third-order valence-corrected chi connectivity index (χ3v) is 7.44. The fraction of sp³-hybridized carbons (Fsp3) is 0.346. The van der Waals surface area contributed by atoms with Gasteiger partial charge in [0.05, 0.1) is 67.8 Å². The van der Waals surface area contributed by atoms with Crippen molar-refractivity contribution in [3.05, 3.63) is 66.3 Å². The average molecular weight is 568 g/mol. The molecular weight excluding hydrogens is 538 g/mol. The maximum atomic E-state index is 13.6. The van der Waals surface area contributed by atoms with Gasteiger partial charge in [-0.15, -0.1) is 0 Å². The molecule has 1 saturated carbocycles. The van der Waals surface area contributed by atoms with Crippen LogP contribution in [0.3, 0.4) is 0 Å². The minimum atomic E-state index is -4.03. The van der Waals surface area contributed by atoms with Gasteiger partial charge >= 0.3 is 5.97 Å². The Bertz CT molecular complexity index is 1500. The Balaban J connectivity index is 1.59. The zero-order valence-corrected chi connectivity index (χ0v) is 22.8. The Labute approximate surface area is 231 Å². The highest BCUT2D eigenvalue weighted by Gasteiger charge is 2.31. The van der Waals surface area contributed by atoms with Crippen LogP contribution in [-0.2, 0) is 30.9 Å². The number of methoxy groups -OCH3 is 1. The van der Waals surface area contributed by atoms with Crippen molar-refractivity contribution < 1.29 is 27.9 Å². The first-order valence-corrected chi connectivity index (χ1v) is 14.0. The van der Waals surface area contributed by atoms with Crippen LogP contribution in [0.1, 0.15) is 42.6 Å². The molecule has 40 heavy (non-hydrogen) atoms. The number of esters is 1. The standard InChI is InChI=1S/C26H29N7O6S/c1-17-8-20(12-27-10-17)32-40(37,38)24-15-29-21(13-30-24)16-33(26(36)18-4-3-5-22(34)9-18)23-14-28-11-19(31-23)6-7-25(35)39-2/h6-8,10-15,18,22,32,34H,3-5,9,16H2,1-2H3/b7-6+. The number of carbonyl (C=O) groups excluding carboxylic acids is 2. The van der Waals surface area contributed by atoms with Crippen molar-refractivity contribution in [2.75, 3.05) is 16.7 Å². The van der Waals surface area contributed by atoms with Gasteiger partial charge in [-0.3, -0.25) is 29.4 Å². The molecule has 0 saturated heterocycles. The highest BCUT2D eigenvalue weighted by molar-refractivity contribution is 7.92. The number of aromatic nitrogens is 5. The highest BCUT2D eigenvalue weighted by Crippen LogP contribution is 2.28. The fourth-order valence-corrected chi connectivity index (χ4v) is 5.14. The molecule has 2 unspecified atom stereocenters. The van der Waals surface area contributed by atoms with E-state index in [0.29, 0.717) is 37.1 Å². The Kier molecular flexibility index (Phi) is 9.11. The van der Waals surface area contributed by atoms with E-state index >= 15 is 0 Å². The van der Waals surface area contributed by atoms with Gasteiger partial charge in [-0.25, -0.2) is 14.8 Å². The zero-order chi connectivity index (χ0) is 28.7. The van der Waals surface area contributed by atoms with Crippen LogP contribution in [0.5, 0.6) is 0 Å². The van der Waals surface area contributed by atoms with Gasteiger partial charge in [0.1, 0.15) is 0 Å². The lowest BCUT2D eigenvalue weighted by molar-refractivity contribution is -0.134. The number of rotatable bonds is 9. The van der Waals surface area contributed by atoms with Gasteiger partial charge in [0.25, 0.3) is 10.0 Å². The van der Waals surface area contributed by atoms with Crippen LogP contribution < -0.4 is 9.62 Å². The van der Waals surface area contributed by atoms with Crippen LogP contribution in [0.4, 0.5) is 11.5 Å². The molecule has 1 aliphatic carbocycles. The number of hydrogen-bond donors (Lipinski definition) is 2. The lowest BCUT2D eigenvalue weighted by atomic mass is 9.86. The lowest BCUT2D eigenvalue weighted by Gasteiger charge is -2.30. The number of anilines is 2. The lowest BCUT2D eigenvalue weighted by Crippen LogP contribution is -2.39. The summed E-state index contributed by atoms with van der Waals surface area (Å²) in [4.78, 5) is 47.4. The van der Waals surface area contributed by atoms with Gasteiger partial charge in [-0.2, -0.15) is 8.42 Å². The summed E-state index contributed by atoms with van der Waals surface area (Å²) >= 11 is 0. The number of aliphatic hydroxyl groups excluding tert-OH is 1. The topological polar surface area (TPSA) is 177 Å². The second-order valence-electron chi connectivity index (χ2n) is 9.30. The first kappa shape index (κ1) is 28.7. The minimum absolute atomic E-state index is 0.0766. The molecule has 0 aromatic carbocycles. The summed E-state index contributed by atoms with van der Waals surface area (Å²) in [5.74, 6) is -1.10. The maximum absolute atomic E-state index is 13.6. The van der Waals surface area contributed by atoms with Crippen LogP contribution >= 0.6 is 0 Å². The van der Waals surface area contributed by atoms with Gasteiger partial charge < -0.3 is 9.84 Å². The van der Waals surface area contributed by atoms with E-state index in [1.54, 1.807) is 19.2 Å². The van der Waals surface area contributed by atoms with E-state index in [1.165, 1.54) is 48.9 Å². The van der Waals surface area contributed by atoms with Crippen molar-refractivity contribution >= 4 is 39.5 Å². The number of aryl methyl sites for hydroxylation is 1. The van der Waals surface area contributed by atoms with Crippen LogP contribution in [0.25, 0.3) is 6.08 Å². The molecular formula is C26H29N7O6S. The molecule has 2 N–H and O–H groups in total. The van der Waals surface area contributed by atoms with Gasteiger partial charge in [-0.1, -0.05) is 6.42 Å². The molecule has 210 valence electrons. The number of carbonyl (C=O) groups is 2. The second-order valence-corrected chi connectivity index (χ2v) is 10.9. The zero-order valence-electron chi connectivity index (χ0n) is 22.0. The summed E-state index contributed by atoms with van der Waals surface area (Å²) in [5, 5.41) is 9.84. The van der Waals surface area contributed by atoms with Crippen LogP contribution in [0.2, 0.25) is 0 Å². The van der Waals surface area contributed by atoms with Crippen LogP contribution in [-0.4, -0.2) is 63.5 Å². The van der Waals surface area contributed by atoms with E-state index in [1.807, 2.05) is 0 Å². The van der Waals surface area contributed by atoms with E-state index in [4.69, 9.17) is 0 Å². The van der Waals surface area contributed by atoms with Crippen molar-refractivity contribution in [2.24, 2.45) is 5.92 Å². The maximum Gasteiger partial charge on any atom is 0.330 e. The van der Waals surface area contributed by atoms with E-state index in [2.05, 4.69) is 34.4 Å². The summed E-state index contributed by atoms with van der Waals surface area (Å²) in [6, 6.07) is 1.63. The van der Waals surface area contributed by atoms with E-state index in [9.17, 15) is 23.1 Å². The summed E-state index contributed by atoms with van der Waals surface area (Å²) in [6.07, 6.45) is 12.4. The Morgan fingerprint density at radius 2 is 1.93 bits per heavy atom. The van der Waals surface area contributed by atoms with Gasteiger partial charge in [0.2, 0.25) is 5.91 Å². The quantitative estimate of drug-likeness (QED) is 0.286. The van der Waals surface area contributed by atoms with E-state index in [-0.39, 0.29) is 29.0 Å². The van der Waals surface area contributed by atoms with Crippen LogP contribution in [0.15, 0.2) is 54.3 Å². The van der Waals surface area contributed by atoms with E-state index in [0.717, 1.165) is 11.8 Å². The summed E-state index contributed by atoms with van der Waals surface area (Å²) in [6.45, 7) is 1.71. The number of nitrogens with one attached hydrogen (secondary N) is 1. The number of ether oxygens (including phenoxy) is 1. The molecule has 14 heteroatoms. The molecule has 3 aromatic heterocycles. The molecule has 0 bridgehead atoms. The van der Waals surface area contributed by atoms with Crippen molar-refractivity contribution in [3.8, 4) is 0 Å². The smallest absolute Gasteiger partial charge is 0.330 e. The molecule has 3 heterocycles. The van der Waals surface area contributed by atoms with Crippen molar-refractivity contribution in [1.82, 2.24) is 24.9 Å². The van der Waals surface area contributed by atoms with Gasteiger partial charge in [-0.05, 0) is 43.9 Å². The molecule has 2 atom stereocenters. The Morgan fingerprint density at radius 3 is 2.62 bits per heavy atom. The molecule has 0 spiro atoms. The Morgan fingerprint density at radius 1 is 1.12 bits per heavy atom. The fourth-order valence-electron chi connectivity index (χ4n) is 4.23. The SMILES string of the molecule is COC(=O)/C=C/c1cncc(N(Cc2cnc(S(=O)(=O)Nc3cncc(C)c3)cn2)C(=O)C2CCCC(O)C2)n1. The number of amides is 1. The normalized spacial score (nSPS) is 17.4. The van der Waals surface area contributed by atoms with Crippen LogP contribution in [0, 0.1) is 12.8 Å². The average Bonchev–Trinajstić information content (AvgIpc) is 2.94. The molecule has 0 radical (unpaired) electrons. The summed E-state index contributed by atoms with van der Waals surface area (Å²) < 4.78 is 32.6. The number of sulfonamides is 1. The molecule has 1 fully saturated rings. The molecule has 13 nitrogen and oxygen atoms in total. The third-order valence-electron chi connectivity index (χ3n) is 6.17. The monoisotopic (exact) mass is 567 g/mol. The molecule has 1 aliphatic rings. The molecule has 4 rings (SSSR count). The Hall–Kier alpha value is -4.30. The van der Waals surface area contributed by atoms with E-state index < -0.39 is 28.0 Å². The summed E-state index contributed by atoms with van der Waals surface area (Å²) in [7, 11) is -2.78. The van der Waals surface area contributed by atoms with Gasteiger partial charge in [0.15, 0.2) is 10.8 Å². The largest absolute Gasteiger partial charge is 0.466 e. The van der Waals surface area contributed by atoms with Crippen molar-refractivity contribution in [3.63, 3.8) is 0 Å². The molecule has 1 amide bonds. The predicted molar refractivity (Wildman–Crippen MR) is 144 cm³/mol. The first-order chi connectivity index (χ1) is 19.1. The highest BCUT2D eigenvalue weighted by atomic mass is 32.2. The summed E-state index contributed by atoms with van der Waals surface area (Å²) in [5.41, 5.74) is 1.69. The van der Waals surface area contributed by atoms with Crippen molar-refractivity contribution in [2.45, 2.75) is 50.3 Å². The van der Waals surface area contributed by atoms with Crippen molar-refractivity contribution in [1.29, 1.82) is 0 Å². The first-order valence-electron chi connectivity index (χ1n) is 12.5. The number of pyridine rings is 1. The minimum Gasteiger partial charge on any atom is -0.466 e. The predicted octanol–water partition coefficient (Wildman–Crippen LogP) is 2.04. The third kappa shape index (κ3) is 7.42. The molecule has 3 aromatic rings.